The van der Waals surface area contributed by atoms with Gasteiger partial charge in [-0.05, 0) is 55.0 Å². The molecular formula is C27H23ClN2O5. The molecule has 8 heteroatoms. The van der Waals surface area contributed by atoms with Gasteiger partial charge in [-0.25, -0.2) is 4.90 Å². The van der Waals surface area contributed by atoms with E-state index in [0.29, 0.717) is 16.4 Å². The lowest BCUT2D eigenvalue weighted by Gasteiger charge is -2.20. The molecule has 2 aliphatic carbocycles. The summed E-state index contributed by atoms with van der Waals surface area (Å²) < 4.78 is 5.60. The molecule has 7 nitrogen and oxygen atoms in total. The number of esters is 1. The summed E-state index contributed by atoms with van der Waals surface area (Å²) in [6.07, 6.45) is 5.00. The molecule has 178 valence electrons. The Hall–Kier alpha value is -3.45. The Morgan fingerprint density at radius 2 is 1.69 bits per heavy atom. The van der Waals surface area contributed by atoms with E-state index < -0.39 is 11.9 Å². The minimum Gasteiger partial charge on any atom is -0.426 e. The maximum atomic E-state index is 13.1. The quantitative estimate of drug-likeness (QED) is 0.281. The molecule has 0 radical (unpaired) electrons. The van der Waals surface area contributed by atoms with Crippen molar-refractivity contribution in [3.05, 3.63) is 65.2 Å². The number of carbonyl (C=O) groups is 4. The van der Waals surface area contributed by atoms with Gasteiger partial charge < -0.3 is 9.64 Å². The molecular weight excluding hydrogens is 468 g/mol. The third-order valence-corrected chi connectivity index (χ3v) is 8.16. The van der Waals surface area contributed by atoms with Gasteiger partial charge in [0.25, 0.3) is 0 Å². The van der Waals surface area contributed by atoms with E-state index in [1.54, 1.807) is 47.4 Å². The summed E-state index contributed by atoms with van der Waals surface area (Å²) in [5.74, 6) is -1.83. The standard InChI is InChI=1S/C27H23ClN2O5/c1-14-20(28)6-3-7-21(14)29-13-17(11-22(29)31)27(34)35-19-5-2-4-18(12-19)30-25(32)23-15-8-9-16(10-15)24(23)26(30)33/h2-9,12,15-17,23-24H,10-11,13H2,1H3/t15-,16-,17+,23+,24+/m0/s1. The first-order valence-corrected chi connectivity index (χ1v) is 12.1. The smallest absolute Gasteiger partial charge is 0.316 e. The molecule has 0 unspecified atom stereocenters. The highest BCUT2D eigenvalue weighted by Gasteiger charge is 2.59. The maximum Gasteiger partial charge on any atom is 0.316 e. The van der Waals surface area contributed by atoms with Crippen LogP contribution >= 0.6 is 11.6 Å². The van der Waals surface area contributed by atoms with Crippen LogP contribution in [0.1, 0.15) is 18.4 Å². The third-order valence-electron chi connectivity index (χ3n) is 7.75. The van der Waals surface area contributed by atoms with E-state index in [1.807, 2.05) is 6.92 Å². The Labute approximate surface area is 207 Å². The van der Waals surface area contributed by atoms with E-state index in [4.69, 9.17) is 16.3 Å². The fraction of sp³-hybridized carbons (Fsp3) is 0.333. The molecule has 0 spiro atoms. The first-order valence-electron chi connectivity index (χ1n) is 11.8. The van der Waals surface area contributed by atoms with E-state index in [0.717, 1.165) is 12.0 Å². The molecule has 2 aromatic rings. The van der Waals surface area contributed by atoms with Gasteiger partial charge in [0.2, 0.25) is 17.7 Å². The Kier molecular flexibility index (Phi) is 5.07. The number of nitrogens with zero attached hydrogens (tertiary/aromatic N) is 2. The fourth-order valence-corrected chi connectivity index (χ4v) is 6.20. The first-order chi connectivity index (χ1) is 16.8. The molecule has 35 heavy (non-hydrogen) atoms. The van der Waals surface area contributed by atoms with Crippen LogP contribution in [0.2, 0.25) is 5.02 Å². The molecule has 3 amide bonds. The van der Waals surface area contributed by atoms with Crippen molar-refractivity contribution >= 4 is 46.7 Å². The van der Waals surface area contributed by atoms with Crippen LogP contribution in [-0.2, 0) is 19.2 Å². The molecule has 0 aromatic heterocycles. The number of hydrogen-bond donors (Lipinski definition) is 0. The summed E-state index contributed by atoms with van der Waals surface area (Å²) in [4.78, 5) is 54.6. The minimum atomic E-state index is -0.638. The van der Waals surface area contributed by atoms with Gasteiger partial charge in [0.1, 0.15) is 5.75 Å². The van der Waals surface area contributed by atoms with Crippen molar-refractivity contribution in [2.75, 3.05) is 16.3 Å². The fourth-order valence-electron chi connectivity index (χ4n) is 6.03. The molecule has 2 saturated heterocycles. The zero-order valence-corrected chi connectivity index (χ0v) is 19.8. The van der Waals surface area contributed by atoms with Crippen molar-refractivity contribution in [1.29, 1.82) is 0 Å². The van der Waals surface area contributed by atoms with E-state index in [2.05, 4.69) is 12.2 Å². The average Bonchev–Trinajstić information content (AvgIpc) is 3.59. The number of benzene rings is 2. The van der Waals surface area contributed by atoms with Crippen molar-refractivity contribution in [2.45, 2.75) is 19.8 Å². The Morgan fingerprint density at radius 3 is 2.40 bits per heavy atom. The number of amides is 3. The van der Waals surface area contributed by atoms with E-state index >= 15 is 0 Å². The normalized spacial score (nSPS) is 28.9. The summed E-state index contributed by atoms with van der Waals surface area (Å²) >= 11 is 6.20. The highest BCUT2D eigenvalue weighted by molar-refractivity contribution is 6.31. The highest BCUT2D eigenvalue weighted by Crippen LogP contribution is 2.53. The maximum absolute atomic E-state index is 13.1. The summed E-state index contributed by atoms with van der Waals surface area (Å²) in [6, 6.07) is 11.8. The second-order valence-corrected chi connectivity index (χ2v) is 10.1. The summed E-state index contributed by atoms with van der Waals surface area (Å²) in [5, 5.41) is 0.553. The van der Waals surface area contributed by atoms with Crippen molar-refractivity contribution in [2.24, 2.45) is 29.6 Å². The Balaban J connectivity index is 1.18. The van der Waals surface area contributed by atoms with Gasteiger partial charge in [0, 0.05) is 29.7 Å². The van der Waals surface area contributed by atoms with Gasteiger partial charge in [-0.1, -0.05) is 35.9 Å². The Morgan fingerprint density at radius 1 is 1.00 bits per heavy atom. The van der Waals surface area contributed by atoms with E-state index in [1.165, 1.54) is 4.90 Å². The van der Waals surface area contributed by atoms with Gasteiger partial charge in [-0.3, -0.25) is 19.2 Å². The molecule has 1 saturated carbocycles. The zero-order chi connectivity index (χ0) is 24.4. The Bertz CT molecular complexity index is 1290. The third kappa shape index (κ3) is 3.40. The number of rotatable bonds is 4. The molecule has 2 bridgehead atoms. The molecule has 2 heterocycles. The topological polar surface area (TPSA) is 84.0 Å². The SMILES string of the molecule is Cc1c(Cl)cccc1N1C[C@H](C(=O)Oc2cccc(N3C(=O)[C@H]4[C@H](C3=O)[C@H]3C=C[C@H]4C3)c2)CC1=O. The minimum absolute atomic E-state index is 0.0344. The van der Waals surface area contributed by atoms with Crippen molar-refractivity contribution in [3.63, 3.8) is 0 Å². The number of allylic oxidation sites excluding steroid dienone is 2. The van der Waals surface area contributed by atoms with Crippen LogP contribution in [0, 0.1) is 36.5 Å². The highest BCUT2D eigenvalue weighted by atomic mass is 35.5. The number of anilines is 2. The molecule has 6 rings (SSSR count). The second kappa shape index (κ2) is 8.05. The van der Waals surface area contributed by atoms with Crippen LogP contribution in [0.3, 0.4) is 0 Å². The summed E-state index contributed by atoms with van der Waals surface area (Å²) in [6.45, 7) is 2.03. The van der Waals surface area contributed by atoms with Crippen LogP contribution in [0.5, 0.6) is 5.75 Å². The van der Waals surface area contributed by atoms with Gasteiger partial charge in [-0.15, -0.1) is 0 Å². The monoisotopic (exact) mass is 490 g/mol. The molecule has 3 fully saturated rings. The summed E-state index contributed by atoms with van der Waals surface area (Å²) in [5.41, 5.74) is 1.86. The molecule has 2 aliphatic heterocycles. The molecule has 4 aliphatic rings. The number of hydrogen-bond acceptors (Lipinski definition) is 5. The van der Waals surface area contributed by atoms with E-state index in [-0.39, 0.29) is 60.1 Å². The lowest BCUT2D eigenvalue weighted by atomic mass is 9.85. The number of imide groups is 1. The lowest BCUT2D eigenvalue weighted by Crippen LogP contribution is -2.32. The molecule has 5 atom stereocenters. The van der Waals surface area contributed by atoms with Gasteiger partial charge in [-0.2, -0.15) is 0 Å². The van der Waals surface area contributed by atoms with Crippen molar-refractivity contribution in [1.82, 2.24) is 0 Å². The number of fused-ring (bicyclic) bond motifs is 5. The largest absolute Gasteiger partial charge is 0.426 e. The molecule has 2 aromatic carbocycles. The van der Waals surface area contributed by atoms with Gasteiger partial charge in [0.05, 0.1) is 23.4 Å². The average molecular weight is 491 g/mol. The lowest BCUT2D eigenvalue weighted by molar-refractivity contribution is -0.139. The van der Waals surface area contributed by atoms with Crippen LogP contribution in [0.15, 0.2) is 54.6 Å². The van der Waals surface area contributed by atoms with Gasteiger partial charge >= 0.3 is 5.97 Å². The second-order valence-electron chi connectivity index (χ2n) is 9.72. The van der Waals surface area contributed by atoms with Crippen LogP contribution < -0.4 is 14.5 Å². The van der Waals surface area contributed by atoms with Crippen LogP contribution in [0.4, 0.5) is 11.4 Å². The van der Waals surface area contributed by atoms with Crippen molar-refractivity contribution in [3.8, 4) is 5.75 Å². The predicted octanol–water partition coefficient (Wildman–Crippen LogP) is 3.92. The molecule has 0 N–H and O–H groups in total. The first kappa shape index (κ1) is 22.0. The number of ether oxygens (including phenoxy) is 1. The van der Waals surface area contributed by atoms with Crippen LogP contribution in [0.25, 0.3) is 0 Å². The predicted molar refractivity (Wildman–Crippen MR) is 129 cm³/mol. The van der Waals surface area contributed by atoms with E-state index in [9.17, 15) is 19.2 Å². The summed E-state index contributed by atoms with van der Waals surface area (Å²) in [7, 11) is 0. The number of halogens is 1. The zero-order valence-electron chi connectivity index (χ0n) is 19.0. The number of carbonyl (C=O) groups excluding carboxylic acids is 4. The van der Waals surface area contributed by atoms with Gasteiger partial charge in [0.15, 0.2) is 0 Å². The van der Waals surface area contributed by atoms with Crippen LogP contribution in [-0.4, -0.2) is 30.2 Å². The van der Waals surface area contributed by atoms with Crippen molar-refractivity contribution < 1.29 is 23.9 Å².